The van der Waals surface area contributed by atoms with Gasteiger partial charge in [-0.3, -0.25) is 14.5 Å². The zero-order valence-electron chi connectivity index (χ0n) is 12.2. The van der Waals surface area contributed by atoms with Crippen LogP contribution in [0.2, 0.25) is 0 Å². The molecule has 1 aromatic rings. The van der Waals surface area contributed by atoms with Crippen molar-refractivity contribution in [3.05, 3.63) is 29.8 Å². The first-order valence-electron chi connectivity index (χ1n) is 7.47. The first kappa shape index (κ1) is 15.5. The van der Waals surface area contributed by atoms with E-state index in [0.29, 0.717) is 6.42 Å². The number of likely N-dealkylation sites (tertiary alicyclic amines) is 1. The molecule has 1 aromatic carbocycles. The van der Waals surface area contributed by atoms with Gasteiger partial charge in [0.2, 0.25) is 5.91 Å². The van der Waals surface area contributed by atoms with Crippen molar-refractivity contribution < 1.29 is 14.7 Å². The van der Waals surface area contributed by atoms with Crippen molar-refractivity contribution in [1.82, 2.24) is 4.90 Å². The Labute approximate surface area is 125 Å². The van der Waals surface area contributed by atoms with Crippen LogP contribution in [0.15, 0.2) is 24.3 Å². The highest BCUT2D eigenvalue weighted by atomic mass is 16.4. The molecule has 21 heavy (non-hydrogen) atoms. The molecule has 0 aliphatic carbocycles. The molecule has 1 aliphatic rings. The van der Waals surface area contributed by atoms with Gasteiger partial charge in [-0.25, -0.2) is 0 Å². The molecule has 1 fully saturated rings. The molecule has 0 atom stereocenters. The maximum absolute atomic E-state index is 11.9. The lowest BCUT2D eigenvalue weighted by atomic mass is 10.1. The van der Waals surface area contributed by atoms with Crippen LogP contribution in [0.3, 0.4) is 0 Å². The first-order chi connectivity index (χ1) is 10.1. The van der Waals surface area contributed by atoms with Crippen molar-refractivity contribution in [2.24, 2.45) is 0 Å². The number of amides is 1. The second-order valence-corrected chi connectivity index (χ2v) is 5.44. The Hall–Kier alpha value is -1.88. The predicted molar refractivity (Wildman–Crippen MR) is 81.1 cm³/mol. The molecule has 1 amide bonds. The Bertz CT molecular complexity index is 496. The van der Waals surface area contributed by atoms with Gasteiger partial charge in [-0.1, -0.05) is 18.2 Å². The Morgan fingerprint density at radius 3 is 2.57 bits per heavy atom. The van der Waals surface area contributed by atoms with Gasteiger partial charge in [0.1, 0.15) is 0 Å². The number of benzene rings is 1. The summed E-state index contributed by atoms with van der Waals surface area (Å²) in [5.74, 6) is -0.984. The van der Waals surface area contributed by atoms with Gasteiger partial charge in [-0.15, -0.1) is 0 Å². The average Bonchev–Trinajstić information content (AvgIpc) is 2.93. The zero-order chi connectivity index (χ0) is 15.1. The Kier molecular flexibility index (Phi) is 5.75. The van der Waals surface area contributed by atoms with E-state index in [-0.39, 0.29) is 18.7 Å². The standard InChI is InChI=1S/C16H22N2O3/c19-15(8-5-9-16(20)21)17-14-7-2-1-6-13(14)12-18-10-3-4-11-18/h1-2,6-7H,3-5,8-12H2,(H,17,19)(H,20,21). The molecule has 5 nitrogen and oxygen atoms in total. The number of nitrogens with one attached hydrogen (secondary N) is 1. The van der Waals surface area contributed by atoms with Crippen LogP contribution in [0.1, 0.15) is 37.7 Å². The maximum Gasteiger partial charge on any atom is 0.303 e. The maximum atomic E-state index is 11.9. The number of nitrogens with zero attached hydrogens (tertiary/aromatic N) is 1. The third-order valence-electron chi connectivity index (χ3n) is 3.68. The van der Waals surface area contributed by atoms with Gasteiger partial charge in [-0.05, 0) is 44.0 Å². The molecule has 2 N–H and O–H groups in total. The van der Waals surface area contributed by atoms with E-state index < -0.39 is 5.97 Å². The van der Waals surface area contributed by atoms with Crippen LogP contribution in [-0.2, 0) is 16.1 Å². The van der Waals surface area contributed by atoms with E-state index in [4.69, 9.17) is 5.11 Å². The van der Waals surface area contributed by atoms with Crippen molar-refractivity contribution in [1.29, 1.82) is 0 Å². The molecule has 1 heterocycles. The molecule has 5 heteroatoms. The fourth-order valence-electron chi connectivity index (χ4n) is 2.57. The van der Waals surface area contributed by atoms with Crippen LogP contribution in [0, 0.1) is 0 Å². The van der Waals surface area contributed by atoms with E-state index in [1.54, 1.807) is 0 Å². The minimum absolute atomic E-state index is 0.0306. The van der Waals surface area contributed by atoms with E-state index in [9.17, 15) is 9.59 Å². The molecule has 0 bridgehead atoms. The lowest BCUT2D eigenvalue weighted by molar-refractivity contribution is -0.137. The second-order valence-electron chi connectivity index (χ2n) is 5.44. The number of carbonyl (C=O) groups excluding carboxylic acids is 1. The summed E-state index contributed by atoms with van der Waals surface area (Å²) >= 11 is 0. The predicted octanol–water partition coefficient (Wildman–Crippen LogP) is 2.48. The molecular weight excluding hydrogens is 268 g/mol. The largest absolute Gasteiger partial charge is 0.481 e. The summed E-state index contributed by atoms with van der Waals surface area (Å²) in [6, 6.07) is 7.82. The molecule has 0 saturated carbocycles. The molecule has 1 aliphatic heterocycles. The molecule has 0 aromatic heterocycles. The van der Waals surface area contributed by atoms with E-state index in [1.165, 1.54) is 12.8 Å². The highest BCUT2D eigenvalue weighted by Gasteiger charge is 2.14. The van der Waals surface area contributed by atoms with Gasteiger partial charge in [0.15, 0.2) is 0 Å². The molecule has 0 radical (unpaired) electrons. The lowest BCUT2D eigenvalue weighted by Gasteiger charge is -2.17. The van der Waals surface area contributed by atoms with Crippen LogP contribution < -0.4 is 5.32 Å². The summed E-state index contributed by atoms with van der Waals surface area (Å²) < 4.78 is 0. The number of anilines is 1. The van der Waals surface area contributed by atoms with E-state index in [2.05, 4.69) is 10.2 Å². The fraction of sp³-hybridized carbons (Fsp3) is 0.500. The second kappa shape index (κ2) is 7.78. The zero-order valence-corrected chi connectivity index (χ0v) is 12.2. The van der Waals surface area contributed by atoms with E-state index >= 15 is 0 Å². The third-order valence-corrected chi connectivity index (χ3v) is 3.68. The van der Waals surface area contributed by atoms with Crippen molar-refractivity contribution >= 4 is 17.6 Å². The van der Waals surface area contributed by atoms with Crippen molar-refractivity contribution in [2.45, 2.75) is 38.6 Å². The van der Waals surface area contributed by atoms with Crippen LogP contribution in [0.4, 0.5) is 5.69 Å². The smallest absolute Gasteiger partial charge is 0.303 e. The number of rotatable bonds is 7. The first-order valence-corrected chi connectivity index (χ1v) is 7.47. The molecule has 2 rings (SSSR count). The molecular formula is C16H22N2O3. The average molecular weight is 290 g/mol. The summed E-state index contributed by atoms with van der Waals surface area (Å²) in [5.41, 5.74) is 1.95. The lowest BCUT2D eigenvalue weighted by Crippen LogP contribution is -2.20. The summed E-state index contributed by atoms with van der Waals surface area (Å²) in [5, 5.41) is 11.5. The van der Waals surface area contributed by atoms with Gasteiger partial charge < -0.3 is 10.4 Å². The van der Waals surface area contributed by atoms with Crippen LogP contribution in [0.25, 0.3) is 0 Å². The summed E-state index contributed by atoms with van der Waals surface area (Å²) in [6.07, 6.45) is 3.12. The number of hydrogen-bond acceptors (Lipinski definition) is 3. The number of para-hydroxylation sites is 1. The Morgan fingerprint density at radius 1 is 1.14 bits per heavy atom. The van der Waals surface area contributed by atoms with Crippen LogP contribution >= 0.6 is 0 Å². The van der Waals surface area contributed by atoms with Gasteiger partial charge >= 0.3 is 5.97 Å². The SMILES string of the molecule is O=C(O)CCCC(=O)Nc1ccccc1CN1CCCC1. The highest BCUT2D eigenvalue weighted by Crippen LogP contribution is 2.20. The number of carboxylic acid groups (broad SMARTS) is 1. The van der Waals surface area contributed by atoms with Crippen molar-refractivity contribution in [3.8, 4) is 0 Å². The molecule has 1 saturated heterocycles. The van der Waals surface area contributed by atoms with Gasteiger partial charge in [-0.2, -0.15) is 0 Å². The number of carbonyl (C=O) groups is 2. The quantitative estimate of drug-likeness (QED) is 0.809. The molecule has 0 unspecified atom stereocenters. The molecule has 114 valence electrons. The normalized spacial score (nSPS) is 15.0. The minimum Gasteiger partial charge on any atom is -0.481 e. The van der Waals surface area contributed by atoms with Gasteiger partial charge in [0.05, 0.1) is 0 Å². The third kappa shape index (κ3) is 5.19. The topological polar surface area (TPSA) is 69.6 Å². The summed E-state index contributed by atoms with van der Waals surface area (Å²) in [7, 11) is 0. The van der Waals surface area contributed by atoms with Gasteiger partial charge in [0.25, 0.3) is 0 Å². The number of hydrogen-bond donors (Lipinski definition) is 2. The fourth-order valence-corrected chi connectivity index (χ4v) is 2.57. The van der Waals surface area contributed by atoms with Crippen LogP contribution in [-0.4, -0.2) is 35.0 Å². The van der Waals surface area contributed by atoms with Gasteiger partial charge in [0, 0.05) is 25.1 Å². The monoisotopic (exact) mass is 290 g/mol. The minimum atomic E-state index is -0.864. The number of aliphatic carboxylic acids is 1. The number of carboxylic acids is 1. The van der Waals surface area contributed by atoms with Crippen molar-refractivity contribution in [3.63, 3.8) is 0 Å². The Balaban J connectivity index is 1.89. The highest BCUT2D eigenvalue weighted by molar-refractivity contribution is 5.91. The molecule has 0 spiro atoms. The Morgan fingerprint density at radius 2 is 1.86 bits per heavy atom. The summed E-state index contributed by atoms with van der Waals surface area (Å²) in [6.45, 7) is 3.08. The van der Waals surface area contributed by atoms with Crippen LogP contribution in [0.5, 0.6) is 0 Å². The van der Waals surface area contributed by atoms with E-state index in [1.807, 2.05) is 24.3 Å². The van der Waals surface area contributed by atoms with E-state index in [0.717, 1.165) is 30.9 Å². The summed E-state index contributed by atoms with van der Waals surface area (Å²) in [4.78, 5) is 24.7. The van der Waals surface area contributed by atoms with Crippen molar-refractivity contribution in [2.75, 3.05) is 18.4 Å².